The fraction of sp³-hybridized carbons (Fsp3) is 0.737. The van der Waals surface area contributed by atoms with E-state index >= 15 is 0 Å². The van der Waals surface area contributed by atoms with Gasteiger partial charge in [-0.3, -0.25) is 4.79 Å². The fourth-order valence-corrected chi connectivity index (χ4v) is 13.1. The summed E-state index contributed by atoms with van der Waals surface area (Å²) in [7, 11) is 1.44. The van der Waals surface area contributed by atoms with Crippen molar-refractivity contribution in [3.05, 3.63) is 47.5 Å². The number of methoxy groups -OCH3 is 1. The van der Waals surface area contributed by atoms with E-state index in [0.29, 0.717) is 35.2 Å². The first-order chi connectivity index (χ1) is 19.7. The summed E-state index contributed by atoms with van der Waals surface area (Å²) in [5.74, 6) is 1.99. The Morgan fingerprint density at radius 1 is 0.833 bits per heavy atom. The van der Waals surface area contributed by atoms with E-state index in [-0.39, 0.29) is 33.5 Å². The quantitative estimate of drug-likeness (QED) is 0.287. The summed E-state index contributed by atoms with van der Waals surface area (Å²) in [4.78, 5) is 25.0. The molecule has 0 heterocycles. The maximum atomic E-state index is 12.9. The predicted molar refractivity (Wildman–Crippen MR) is 167 cm³/mol. The van der Waals surface area contributed by atoms with Crippen molar-refractivity contribution in [2.24, 2.45) is 56.7 Å². The summed E-state index contributed by atoms with van der Waals surface area (Å²) in [5.41, 5.74) is 3.43. The number of carboxylic acid groups (broad SMARTS) is 1. The molecule has 4 nitrogen and oxygen atoms in total. The lowest BCUT2D eigenvalue weighted by Gasteiger charge is -2.73. The molecule has 4 heteroatoms. The van der Waals surface area contributed by atoms with Crippen LogP contribution in [0.5, 0.6) is 0 Å². The van der Waals surface area contributed by atoms with Crippen LogP contribution in [-0.4, -0.2) is 24.2 Å². The highest BCUT2D eigenvalue weighted by atomic mass is 16.5. The Morgan fingerprint density at radius 2 is 1.52 bits per heavy atom. The van der Waals surface area contributed by atoms with Gasteiger partial charge in [-0.2, -0.15) is 0 Å². The van der Waals surface area contributed by atoms with Crippen molar-refractivity contribution in [1.82, 2.24) is 0 Å². The second-order valence-electron chi connectivity index (χ2n) is 16.7. The van der Waals surface area contributed by atoms with Gasteiger partial charge in [-0.15, -0.1) is 0 Å². The number of aliphatic carboxylic acids is 1. The third-order valence-electron chi connectivity index (χ3n) is 15.3. The van der Waals surface area contributed by atoms with Crippen molar-refractivity contribution in [2.45, 2.75) is 112 Å². The van der Waals surface area contributed by atoms with E-state index in [0.717, 1.165) is 25.7 Å². The van der Waals surface area contributed by atoms with E-state index in [9.17, 15) is 14.7 Å². The lowest BCUT2D eigenvalue weighted by atomic mass is 9.31. The molecule has 0 aliphatic heterocycles. The summed E-state index contributed by atoms with van der Waals surface area (Å²) in [5, 5.41) is 10.6. The zero-order valence-corrected chi connectivity index (χ0v) is 27.2. The molecule has 0 unspecified atom stereocenters. The molecule has 0 radical (unpaired) electrons. The Morgan fingerprint density at radius 3 is 2.14 bits per heavy atom. The molecule has 5 saturated carbocycles. The first kappa shape index (κ1) is 29.9. The number of ether oxygens (including phenoxy) is 1. The minimum absolute atomic E-state index is 0.153. The molecular weight excluding hydrogens is 520 g/mol. The Labute approximate surface area is 254 Å². The molecule has 230 valence electrons. The summed E-state index contributed by atoms with van der Waals surface area (Å²) in [6.45, 7) is 19.4. The van der Waals surface area contributed by atoms with Crippen LogP contribution in [0.1, 0.15) is 128 Å². The molecule has 10 atom stereocenters. The van der Waals surface area contributed by atoms with Gasteiger partial charge in [0.1, 0.15) is 0 Å². The van der Waals surface area contributed by atoms with Crippen molar-refractivity contribution in [3.63, 3.8) is 0 Å². The van der Waals surface area contributed by atoms with Crippen LogP contribution < -0.4 is 0 Å². The van der Waals surface area contributed by atoms with Gasteiger partial charge in [-0.05, 0) is 146 Å². The van der Waals surface area contributed by atoms with Crippen LogP contribution in [0.4, 0.5) is 0 Å². The summed E-state index contributed by atoms with van der Waals surface area (Å²) in [6, 6.07) is 8.20. The number of allylic oxidation sites excluding steroid dienone is 1. The van der Waals surface area contributed by atoms with Gasteiger partial charge >= 0.3 is 11.9 Å². The molecule has 5 fully saturated rings. The molecule has 0 aromatic heterocycles. The number of esters is 1. The number of hydrogen-bond donors (Lipinski definition) is 1. The highest BCUT2D eigenvalue weighted by molar-refractivity contribution is 5.89. The minimum Gasteiger partial charge on any atom is -0.481 e. The van der Waals surface area contributed by atoms with Gasteiger partial charge in [0.2, 0.25) is 0 Å². The van der Waals surface area contributed by atoms with E-state index in [2.05, 4.69) is 60.3 Å². The maximum Gasteiger partial charge on any atom is 0.337 e. The second kappa shape index (κ2) is 9.70. The molecule has 0 bridgehead atoms. The molecule has 5 aliphatic carbocycles. The van der Waals surface area contributed by atoms with Gasteiger partial charge in [-0.1, -0.05) is 58.9 Å². The number of rotatable bonds is 4. The SMILES string of the molecule is C=C(C)[C@@H]1CC[C@]2(C(=O)O)CC[C@]3(C)[C@H](CC[C@@H]4[C@@]5(C)CC[C@H](c6ccc(C(=O)OC)cc6)C(C)(C)[C@@H]5CC[C@]43C)[C@@H]12. The van der Waals surface area contributed by atoms with Crippen LogP contribution in [0.2, 0.25) is 0 Å². The number of carbonyl (C=O) groups is 2. The van der Waals surface area contributed by atoms with Gasteiger partial charge in [0.25, 0.3) is 0 Å². The van der Waals surface area contributed by atoms with Crippen molar-refractivity contribution in [2.75, 3.05) is 7.11 Å². The third-order valence-corrected chi connectivity index (χ3v) is 15.3. The van der Waals surface area contributed by atoms with E-state index in [4.69, 9.17) is 4.74 Å². The predicted octanol–water partition coefficient (Wildman–Crippen LogP) is 9.30. The molecular formula is C38H54O4. The highest BCUT2D eigenvalue weighted by Crippen LogP contribution is 2.78. The van der Waals surface area contributed by atoms with Gasteiger partial charge < -0.3 is 9.84 Å². The first-order valence-corrected chi connectivity index (χ1v) is 16.7. The topological polar surface area (TPSA) is 63.6 Å². The van der Waals surface area contributed by atoms with Crippen LogP contribution in [-0.2, 0) is 9.53 Å². The molecule has 6 rings (SSSR count). The monoisotopic (exact) mass is 574 g/mol. The average molecular weight is 575 g/mol. The number of hydrogen-bond acceptors (Lipinski definition) is 3. The molecule has 1 aromatic rings. The van der Waals surface area contributed by atoms with Crippen LogP contribution in [0.25, 0.3) is 0 Å². The summed E-state index contributed by atoms with van der Waals surface area (Å²) in [6.07, 6.45) is 11.0. The van der Waals surface area contributed by atoms with Gasteiger partial charge in [0, 0.05) is 0 Å². The van der Waals surface area contributed by atoms with Gasteiger partial charge in [-0.25, -0.2) is 4.79 Å². The number of fused-ring (bicyclic) bond motifs is 7. The zero-order chi connectivity index (χ0) is 30.5. The van der Waals surface area contributed by atoms with Gasteiger partial charge in [0.15, 0.2) is 0 Å². The fourth-order valence-electron chi connectivity index (χ4n) is 13.1. The van der Waals surface area contributed by atoms with E-state index in [1.54, 1.807) is 0 Å². The Balaban J connectivity index is 1.32. The van der Waals surface area contributed by atoms with Crippen LogP contribution in [0.15, 0.2) is 36.4 Å². The molecule has 0 amide bonds. The lowest BCUT2D eigenvalue weighted by molar-refractivity contribution is -0.239. The number of carbonyl (C=O) groups excluding carboxylic acids is 1. The second-order valence-corrected chi connectivity index (χ2v) is 16.7. The van der Waals surface area contributed by atoms with Crippen LogP contribution in [0, 0.1) is 56.7 Å². The van der Waals surface area contributed by atoms with Crippen molar-refractivity contribution >= 4 is 11.9 Å². The number of benzene rings is 1. The van der Waals surface area contributed by atoms with E-state index in [1.165, 1.54) is 56.8 Å². The average Bonchev–Trinajstić information content (AvgIpc) is 3.34. The first-order valence-electron chi connectivity index (χ1n) is 16.7. The van der Waals surface area contributed by atoms with E-state index in [1.807, 2.05) is 12.1 Å². The molecule has 42 heavy (non-hydrogen) atoms. The van der Waals surface area contributed by atoms with Crippen LogP contribution >= 0.6 is 0 Å². The summed E-state index contributed by atoms with van der Waals surface area (Å²) < 4.78 is 4.94. The molecule has 1 N–H and O–H groups in total. The van der Waals surface area contributed by atoms with Gasteiger partial charge in [0.05, 0.1) is 18.1 Å². The Kier molecular flexibility index (Phi) is 6.92. The highest BCUT2D eigenvalue weighted by Gasteiger charge is 2.72. The third kappa shape index (κ3) is 3.78. The lowest BCUT2D eigenvalue weighted by Crippen LogP contribution is -2.66. The van der Waals surface area contributed by atoms with Crippen molar-refractivity contribution in [3.8, 4) is 0 Å². The number of carboxylic acids is 1. The standard InChI is InChI=1S/C38H54O4/c1-23(2)26-15-20-38(33(40)41)22-21-36(6)28(31(26)38)13-14-30-35(5)18-16-27(24-9-11-25(12-10-24)32(39)42-8)34(3,4)29(35)17-19-37(30,36)7/h9-12,26-31H,1,13-22H2,2-8H3,(H,40,41)/t26-,27+,28+,29-,30+,31+,35-,36+,37+,38-/m0/s1. The largest absolute Gasteiger partial charge is 0.481 e. The Bertz CT molecular complexity index is 1280. The van der Waals surface area contributed by atoms with Crippen LogP contribution in [0.3, 0.4) is 0 Å². The minimum atomic E-state index is -0.554. The van der Waals surface area contributed by atoms with Crippen molar-refractivity contribution < 1.29 is 19.4 Å². The zero-order valence-electron chi connectivity index (χ0n) is 27.2. The summed E-state index contributed by atoms with van der Waals surface area (Å²) >= 11 is 0. The van der Waals surface area contributed by atoms with Crippen molar-refractivity contribution in [1.29, 1.82) is 0 Å². The molecule has 0 spiro atoms. The molecule has 5 aliphatic rings. The smallest absolute Gasteiger partial charge is 0.337 e. The maximum absolute atomic E-state index is 12.9. The normalized spacial score (nSPS) is 45.5. The van der Waals surface area contributed by atoms with E-state index < -0.39 is 11.4 Å². The molecule has 1 aromatic carbocycles. The Hall–Kier alpha value is -2.10. The molecule has 0 saturated heterocycles.